The summed E-state index contributed by atoms with van der Waals surface area (Å²) in [5.41, 5.74) is 2.00. The minimum Gasteiger partial charge on any atom is -0.502 e. The average Bonchev–Trinajstić information content (AvgIpc) is 3.85. The lowest BCUT2D eigenvalue weighted by atomic mass is 9.66. The normalized spacial score (nSPS) is 34.3. The van der Waals surface area contributed by atoms with Gasteiger partial charge < -0.3 is 58.0 Å². The molecule has 0 saturated carbocycles. The topological polar surface area (TPSA) is 161 Å². The highest BCUT2D eigenvalue weighted by atomic mass is 32.1. The van der Waals surface area contributed by atoms with E-state index in [1.807, 2.05) is 23.6 Å². The molecule has 244 valence electrons. The van der Waals surface area contributed by atoms with Crippen LogP contribution in [0, 0.1) is 11.8 Å². The van der Waals surface area contributed by atoms with E-state index in [4.69, 9.17) is 42.6 Å². The van der Waals surface area contributed by atoms with Gasteiger partial charge in [-0.05, 0) is 52.4 Å². The predicted molar refractivity (Wildman–Crippen MR) is 156 cm³/mol. The number of cyclic esters (lactones) is 1. The molecule has 10 atom stereocenters. The number of aliphatic hydroxyl groups excluding tert-OH is 2. The number of aromatic hydroxyl groups is 1. The van der Waals surface area contributed by atoms with Gasteiger partial charge in [0.2, 0.25) is 12.5 Å². The maximum Gasteiger partial charge on any atom is 0.310 e. The van der Waals surface area contributed by atoms with Crippen molar-refractivity contribution < 1.29 is 62.7 Å². The van der Waals surface area contributed by atoms with Crippen molar-refractivity contribution in [2.24, 2.45) is 11.8 Å². The quantitative estimate of drug-likeness (QED) is 0.333. The molecule has 4 aliphatic heterocycles. The lowest BCUT2D eigenvalue weighted by molar-refractivity contribution is -0.368. The second-order valence-electron chi connectivity index (χ2n) is 11.8. The fraction of sp³-hybridized carbons (Fsp3) is 0.469. The summed E-state index contributed by atoms with van der Waals surface area (Å²) in [4.78, 5) is 14.3. The molecule has 13 nitrogen and oxygen atoms in total. The van der Waals surface area contributed by atoms with E-state index in [-0.39, 0.29) is 37.3 Å². The number of hydrogen-bond acceptors (Lipinski definition) is 14. The Balaban J connectivity index is 1.16. The number of thiophene rings is 1. The first-order valence-corrected chi connectivity index (χ1v) is 15.8. The molecule has 8 rings (SSSR count). The molecular weight excluding hydrogens is 624 g/mol. The second kappa shape index (κ2) is 11.6. The molecule has 0 unspecified atom stereocenters. The molecule has 0 spiro atoms. The molecule has 0 amide bonds. The number of phenols is 1. The number of methoxy groups -OCH3 is 2. The molecule has 5 heterocycles. The highest BCUT2D eigenvalue weighted by molar-refractivity contribution is 7.10. The monoisotopic (exact) mass is 656 g/mol. The van der Waals surface area contributed by atoms with Gasteiger partial charge in [-0.25, -0.2) is 0 Å². The Morgan fingerprint density at radius 1 is 0.913 bits per heavy atom. The van der Waals surface area contributed by atoms with Gasteiger partial charge in [0, 0.05) is 11.8 Å². The highest BCUT2D eigenvalue weighted by Crippen LogP contribution is 2.57. The van der Waals surface area contributed by atoms with Crippen molar-refractivity contribution in [2.45, 2.75) is 49.0 Å². The molecule has 1 aliphatic carbocycles. The van der Waals surface area contributed by atoms with Crippen molar-refractivity contribution in [1.29, 1.82) is 0 Å². The van der Waals surface area contributed by atoms with Crippen molar-refractivity contribution in [1.82, 2.24) is 0 Å². The second-order valence-corrected chi connectivity index (χ2v) is 12.7. The van der Waals surface area contributed by atoms with Crippen LogP contribution in [0.15, 0.2) is 41.8 Å². The smallest absolute Gasteiger partial charge is 0.310 e. The van der Waals surface area contributed by atoms with Crippen LogP contribution in [0.25, 0.3) is 0 Å². The third kappa shape index (κ3) is 4.70. The van der Waals surface area contributed by atoms with Crippen LogP contribution in [0.1, 0.15) is 39.9 Å². The zero-order chi connectivity index (χ0) is 31.7. The number of ether oxygens (including phenoxy) is 9. The van der Waals surface area contributed by atoms with Crippen molar-refractivity contribution in [3.05, 3.63) is 63.3 Å². The molecule has 3 aromatic rings. The first-order chi connectivity index (χ1) is 22.4. The van der Waals surface area contributed by atoms with Crippen LogP contribution in [-0.2, 0) is 28.5 Å². The van der Waals surface area contributed by atoms with E-state index < -0.39 is 66.8 Å². The van der Waals surface area contributed by atoms with Gasteiger partial charge in [0.25, 0.3) is 0 Å². The fourth-order valence-electron chi connectivity index (χ4n) is 7.18. The van der Waals surface area contributed by atoms with Gasteiger partial charge in [0.05, 0.1) is 44.3 Å². The van der Waals surface area contributed by atoms with E-state index in [0.29, 0.717) is 28.2 Å². The Kier molecular flexibility index (Phi) is 7.48. The molecule has 3 fully saturated rings. The fourth-order valence-corrected chi connectivity index (χ4v) is 7.89. The first-order valence-electron chi connectivity index (χ1n) is 14.9. The number of aliphatic hydroxyl groups is 2. The molecule has 2 aromatic carbocycles. The predicted octanol–water partition coefficient (Wildman–Crippen LogP) is 2.75. The first kappa shape index (κ1) is 29.8. The standard InChI is InChI=1S/C32H32O13S/c1-37-19-6-13(7-20(38-2)25(19)33)23-14-8-17-18(42-12-41-17)9-15(14)28(16-10-39-30(36)24(16)23)44-32-27(35)26(34)29-21(43-32)11-40-31(45-29)22-4-3-5-46-22/h3-9,16,21,23-24,26-29,31-35H,10-12H2,1-2H3/t16-,21+,23+,24-,26+,27-,28+,29-,31+,32-/m0/s1. The van der Waals surface area contributed by atoms with Crippen LogP contribution < -0.4 is 18.9 Å². The van der Waals surface area contributed by atoms with Crippen LogP contribution in [-0.4, -0.2) is 86.2 Å². The van der Waals surface area contributed by atoms with E-state index in [0.717, 1.165) is 4.88 Å². The number of rotatable bonds is 6. The number of hydrogen-bond donors (Lipinski definition) is 3. The van der Waals surface area contributed by atoms with E-state index in [1.165, 1.54) is 25.6 Å². The third-order valence-corrected chi connectivity index (χ3v) is 10.3. The Hall–Kier alpha value is -3.63. The maximum atomic E-state index is 13.5. The number of benzene rings is 2. The van der Waals surface area contributed by atoms with Crippen LogP contribution in [0.5, 0.6) is 28.7 Å². The van der Waals surface area contributed by atoms with Crippen molar-refractivity contribution in [3.63, 3.8) is 0 Å². The molecule has 3 N–H and O–H groups in total. The van der Waals surface area contributed by atoms with Gasteiger partial charge >= 0.3 is 5.97 Å². The van der Waals surface area contributed by atoms with E-state index in [9.17, 15) is 20.1 Å². The van der Waals surface area contributed by atoms with Crippen molar-refractivity contribution >= 4 is 17.3 Å². The molecule has 5 aliphatic rings. The van der Waals surface area contributed by atoms with Gasteiger partial charge in [-0.1, -0.05) is 6.07 Å². The number of esters is 1. The Labute approximate surface area is 267 Å². The largest absolute Gasteiger partial charge is 0.502 e. The molecule has 14 heteroatoms. The van der Waals surface area contributed by atoms with Crippen LogP contribution >= 0.6 is 11.3 Å². The molecule has 46 heavy (non-hydrogen) atoms. The number of fused-ring (bicyclic) bond motifs is 4. The highest BCUT2D eigenvalue weighted by Gasteiger charge is 2.56. The molecular formula is C32H32O13S. The molecule has 0 bridgehead atoms. The van der Waals surface area contributed by atoms with Crippen LogP contribution in [0.3, 0.4) is 0 Å². The minimum absolute atomic E-state index is 0.0242. The van der Waals surface area contributed by atoms with Crippen LogP contribution in [0.2, 0.25) is 0 Å². The summed E-state index contributed by atoms with van der Waals surface area (Å²) in [5.74, 6) is -1.08. The lowest BCUT2D eigenvalue weighted by Crippen LogP contribution is -2.62. The van der Waals surface area contributed by atoms with Gasteiger partial charge in [-0.3, -0.25) is 4.79 Å². The zero-order valence-electron chi connectivity index (χ0n) is 24.8. The SMILES string of the molecule is COc1cc([C@@H]2c3cc4c(cc3[C@@H](O[C@@H]3O[C@@H]5CO[C@@H](c6cccs6)O[C@@H]5[C@H](O)[C@@H]3O)[C@H]3COC(=O)[C@H]23)OCO4)cc(OC)c1O. The maximum absolute atomic E-state index is 13.5. The summed E-state index contributed by atoms with van der Waals surface area (Å²) in [6.07, 6.45) is -7.16. The van der Waals surface area contributed by atoms with Gasteiger partial charge in [0.1, 0.15) is 24.4 Å². The lowest BCUT2D eigenvalue weighted by Gasteiger charge is -2.48. The van der Waals surface area contributed by atoms with Crippen LogP contribution in [0.4, 0.5) is 0 Å². The molecule has 0 radical (unpaired) electrons. The Bertz CT molecular complexity index is 1600. The van der Waals surface area contributed by atoms with E-state index >= 15 is 0 Å². The Morgan fingerprint density at radius 2 is 1.65 bits per heavy atom. The number of carbonyl (C=O) groups is 1. The van der Waals surface area contributed by atoms with E-state index in [2.05, 4.69) is 0 Å². The van der Waals surface area contributed by atoms with Gasteiger partial charge in [-0.2, -0.15) is 0 Å². The average molecular weight is 657 g/mol. The molecule has 1 aromatic heterocycles. The summed E-state index contributed by atoms with van der Waals surface area (Å²) in [6, 6.07) is 10.7. The van der Waals surface area contributed by atoms with Gasteiger partial charge in [0.15, 0.2) is 35.6 Å². The van der Waals surface area contributed by atoms with Gasteiger partial charge in [-0.15, -0.1) is 11.3 Å². The summed E-state index contributed by atoms with van der Waals surface area (Å²) in [7, 11) is 2.86. The van der Waals surface area contributed by atoms with Crippen molar-refractivity contribution in [2.75, 3.05) is 34.2 Å². The minimum atomic E-state index is -1.47. The van der Waals surface area contributed by atoms with Crippen molar-refractivity contribution in [3.8, 4) is 28.7 Å². The summed E-state index contributed by atoms with van der Waals surface area (Å²) in [5, 5.41) is 35.0. The zero-order valence-corrected chi connectivity index (χ0v) is 25.6. The number of phenolic OH excluding ortho intramolecular Hbond substituents is 1. The molecule has 3 saturated heterocycles. The summed E-state index contributed by atoms with van der Waals surface area (Å²) in [6.45, 7) is 0.171. The summed E-state index contributed by atoms with van der Waals surface area (Å²) >= 11 is 1.46. The summed E-state index contributed by atoms with van der Waals surface area (Å²) < 4.78 is 52.6. The van der Waals surface area contributed by atoms with E-state index in [1.54, 1.807) is 18.2 Å². The Morgan fingerprint density at radius 3 is 2.35 bits per heavy atom. The number of carbonyl (C=O) groups excluding carboxylic acids is 1. The third-order valence-electron chi connectivity index (χ3n) is 9.37.